The van der Waals surface area contributed by atoms with Crippen LogP contribution in [0.4, 0.5) is 0 Å². The van der Waals surface area contributed by atoms with E-state index in [4.69, 9.17) is 17.2 Å². The van der Waals surface area contributed by atoms with E-state index in [-0.39, 0.29) is 12.3 Å². The van der Waals surface area contributed by atoms with Crippen LogP contribution in [0.2, 0.25) is 0 Å². The van der Waals surface area contributed by atoms with Crippen LogP contribution in [0.25, 0.3) is 0 Å². The number of carboxylic acids is 1. The van der Waals surface area contributed by atoms with Gasteiger partial charge < -0.3 is 38.3 Å². The molecular formula is C21H40N6O6S. The molecule has 5 unspecified atom stereocenters. The monoisotopic (exact) mass is 504 g/mol. The average Bonchev–Trinajstić information content (AvgIpc) is 2.78. The standard InChI is InChI=1S/C21H40N6O6S/c1-4-12(2)17(20(31)26-15(21(32)33)11-16(24)28)27-19(30)14(7-5-6-9-22)25-18(29)13(23)8-10-34-3/h12-15,17H,4-11,22-23H2,1-3H3,(H2,24,28)(H,25,29)(H,26,31)(H,27,30)(H,32,33). The number of nitrogens with two attached hydrogens (primary N) is 3. The van der Waals surface area contributed by atoms with Crippen LogP contribution in [-0.2, 0) is 24.0 Å². The number of hydrogen-bond acceptors (Lipinski definition) is 8. The molecule has 5 atom stereocenters. The summed E-state index contributed by atoms with van der Waals surface area (Å²) < 4.78 is 0. The second-order valence-electron chi connectivity index (χ2n) is 8.18. The Morgan fingerprint density at radius 3 is 2.06 bits per heavy atom. The maximum atomic E-state index is 13.1. The van der Waals surface area contributed by atoms with Crippen molar-refractivity contribution in [1.82, 2.24) is 16.0 Å². The fourth-order valence-electron chi connectivity index (χ4n) is 3.03. The largest absolute Gasteiger partial charge is 0.480 e. The van der Waals surface area contributed by atoms with Crippen LogP contribution in [0.15, 0.2) is 0 Å². The predicted molar refractivity (Wildman–Crippen MR) is 131 cm³/mol. The highest BCUT2D eigenvalue weighted by Gasteiger charge is 2.33. The molecule has 34 heavy (non-hydrogen) atoms. The number of aliphatic carboxylic acids is 1. The first kappa shape index (κ1) is 31.6. The Balaban J connectivity index is 5.53. The maximum absolute atomic E-state index is 13.1. The van der Waals surface area contributed by atoms with Crippen LogP contribution in [0, 0.1) is 5.92 Å². The first-order valence-electron chi connectivity index (χ1n) is 11.3. The molecule has 0 aliphatic rings. The maximum Gasteiger partial charge on any atom is 0.326 e. The van der Waals surface area contributed by atoms with Crippen LogP contribution in [0.5, 0.6) is 0 Å². The quantitative estimate of drug-likeness (QED) is 0.110. The molecule has 0 saturated heterocycles. The number of carbonyl (C=O) groups excluding carboxylic acids is 4. The van der Waals surface area contributed by atoms with E-state index in [2.05, 4.69) is 16.0 Å². The minimum absolute atomic E-state index is 0.290. The lowest BCUT2D eigenvalue weighted by molar-refractivity contribution is -0.144. The van der Waals surface area contributed by atoms with Gasteiger partial charge in [0.05, 0.1) is 12.5 Å². The molecule has 13 heteroatoms. The van der Waals surface area contributed by atoms with Crippen molar-refractivity contribution in [1.29, 1.82) is 0 Å². The van der Waals surface area contributed by atoms with Gasteiger partial charge in [0, 0.05) is 0 Å². The number of thioether (sulfide) groups is 1. The van der Waals surface area contributed by atoms with E-state index in [0.29, 0.717) is 38.0 Å². The summed E-state index contributed by atoms with van der Waals surface area (Å²) >= 11 is 1.55. The summed E-state index contributed by atoms with van der Waals surface area (Å²) in [6, 6.07) is -4.34. The van der Waals surface area contributed by atoms with E-state index in [1.807, 2.05) is 6.26 Å². The Morgan fingerprint density at radius 1 is 0.941 bits per heavy atom. The number of amides is 4. The first-order valence-corrected chi connectivity index (χ1v) is 12.7. The van der Waals surface area contributed by atoms with Crippen molar-refractivity contribution in [2.45, 2.75) is 76.5 Å². The van der Waals surface area contributed by atoms with Gasteiger partial charge in [0.25, 0.3) is 0 Å². The molecule has 0 aromatic carbocycles. The van der Waals surface area contributed by atoms with Gasteiger partial charge in [-0.3, -0.25) is 19.2 Å². The normalized spacial score (nSPS) is 15.3. The molecule has 12 nitrogen and oxygen atoms in total. The zero-order valence-electron chi connectivity index (χ0n) is 20.2. The van der Waals surface area contributed by atoms with E-state index in [1.165, 1.54) is 0 Å². The summed E-state index contributed by atoms with van der Waals surface area (Å²) in [5.41, 5.74) is 16.5. The number of hydrogen-bond donors (Lipinski definition) is 7. The van der Waals surface area contributed by atoms with Gasteiger partial charge in [0.15, 0.2) is 0 Å². The highest BCUT2D eigenvalue weighted by molar-refractivity contribution is 7.98. The third-order valence-electron chi connectivity index (χ3n) is 5.36. The summed E-state index contributed by atoms with van der Waals surface area (Å²) in [4.78, 5) is 60.9. The Bertz CT molecular complexity index is 695. The van der Waals surface area contributed by atoms with Gasteiger partial charge in [0.1, 0.15) is 18.1 Å². The smallest absolute Gasteiger partial charge is 0.326 e. The molecule has 0 heterocycles. The van der Waals surface area contributed by atoms with Crippen molar-refractivity contribution in [3.05, 3.63) is 0 Å². The number of unbranched alkanes of at least 4 members (excludes halogenated alkanes) is 1. The topological polar surface area (TPSA) is 220 Å². The van der Waals surface area contributed by atoms with Crippen LogP contribution in [0.3, 0.4) is 0 Å². The Labute approximate surface area is 204 Å². The van der Waals surface area contributed by atoms with Crippen LogP contribution < -0.4 is 33.2 Å². The lowest BCUT2D eigenvalue weighted by atomic mass is 9.96. The summed E-state index contributed by atoms with van der Waals surface area (Å²) in [6.45, 7) is 3.94. The van der Waals surface area contributed by atoms with Crippen LogP contribution in [-0.4, -0.2) is 77.4 Å². The van der Waals surface area contributed by atoms with Crippen molar-refractivity contribution in [2.75, 3.05) is 18.6 Å². The summed E-state index contributed by atoms with van der Waals surface area (Å²) in [5, 5.41) is 16.8. The molecular weight excluding hydrogens is 464 g/mol. The van der Waals surface area contributed by atoms with Gasteiger partial charge in [-0.2, -0.15) is 11.8 Å². The molecule has 0 spiro atoms. The fraction of sp³-hybridized carbons (Fsp3) is 0.762. The van der Waals surface area contributed by atoms with E-state index in [1.54, 1.807) is 25.6 Å². The molecule has 0 aromatic rings. The molecule has 0 aliphatic carbocycles. The molecule has 0 aromatic heterocycles. The van der Waals surface area contributed by atoms with Crippen molar-refractivity contribution < 1.29 is 29.1 Å². The molecule has 0 rings (SSSR count). The predicted octanol–water partition coefficient (Wildman–Crippen LogP) is -1.34. The van der Waals surface area contributed by atoms with Gasteiger partial charge in [-0.1, -0.05) is 20.3 Å². The molecule has 0 aliphatic heterocycles. The minimum Gasteiger partial charge on any atom is -0.480 e. The van der Waals surface area contributed by atoms with E-state index >= 15 is 0 Å². The number of nitrogens with one attached hydrogen (secondary N) is 3. The zero-order chi connectivity index (χ0) is 26.3. The van der Waals surface area contributed by atoms with Gasteiger partial charge in [-0.25, -0.2) is 4.79 Å². The Morgan fingerprint density at radius 2 is 1.56 bits per heavy atom. The van der Waals surface area contributed by atoms with Crippen molar-refractivity contribution in [3.63, 3.8) is 0 Å². The molecule has 10 N–H and O–H groups in total. The minimum atomic E-state index is -1.53. The fourth-order valence-corrected chi connectivity index (χ4v) is 3.52. The summed E-state index contributed by atoms with van der Waals surface area (Å²) in [5.74, 6) is -3.82. The third-order valence-corrected chi connectivity index (χ3v) is 6.01. The lowest BCUT2D eigenvalue weighted by Crippen LogP contribution is -2.59. The van der Waals surface area contributed by atoms with Gasteiger partial charge in [-0.05, 0) is 50.2 Å². The van der Waals surface area contributed by atoms with E-state index in [9.17, 15) is 29.1 Å². The SMILES string of the molecule is CCC(C)C(NC(=O)C(CCCCN)NC(=O)C(N)CCSC)C(=O)NC(CC(N)=O)C(=O)O. The number of rotatable bonds is 18. The first-order chi connectivity index (χ1) is 16.0. The van der Waals surface area contributed by atoms with E-state index in [0.717, 1.165) is 0 Å². The van der Waals surface area contributed by atoms with Crippen LogP contribution in [0.1, 0.15) is 52.4 Å². The van der Waals surface area contributed by atoms with Crippen molar-refractivity contribution >= 4 is 41.4 Å². The third kappa shape index (κ3) is 12.2. The van der Waals surface area contributed by atoms with E-state index < -0.39 is 60.2 Å². The number of primary amides is 1. The lowest BCUT2D eigenvalue weighted by Gasteiger charge is -2.28. The van der Waals surface area contributed by atoms with Gasteiger partial charge in [0.2, 0.25) is 23.6 Å². The molecule has 0 saturated carbocycles. The van der Waals surface area contributed by atoms with Gasteiger partial charge in [-0.15, -0.1) is 0 Å². The zero-order valence-corrected chi connectivity index (χ0v) is 21.0. The van der Waals surface area contributed by atoms with Crippen molar-refractivity contribution in [3.8, 4) is 0 Å². The second kappa shape index (κ2) is 17.1. The molecule has 4 amide bonds. The van der Waals surface area contributed by atoms with Gasteiger partial charge >= 0.3 is 5.97 Å². The van der Waals surface area contributed by atoms with Crippen molar-refractivity contribution in [2.24, 2.45) is 23.1 Å². The number of carboxylic acid groups (broad SMARTS) is 1. The molecule has 0 bridgehead atoms. The highest BCUT2D eigenvalue weighted by Crippen LogP contribution is 2.11. The summed E-state index contributed by atoms with van der Waals surface area (Å²) in [6.07, 6.45) is 3.74. The summed E-state index contributed by atoms with van der Waals surface area (Å²) in [7, 11) is 0. The Kier molecular flexibility index (Phi) is 15.9. The average molecular weight is 505 g/mol. The van der Waals surface area contributed by atoms with Crippen LogP contribution >= 0.6 is 11.8 Å². The Hall–Kier alpha value is -2.38. The molecule has 0 fully saturated rings. The second-order valence-corrected chi connectivity index (χ2v) is 9.16. The highest BCUT2D eigenvalue weighted by atomic mass is 32.2. The molecule has 196 valence electrons. The number of carbonyl (C=O) groups is 5. The molecule has 0 radical (unpaired) electrons.